The smallest absolute Gasteiger partial charge is 0.227 e. The van der Waals surface area contributed by atoms with E-state index in [0.717, 1.165) is 36.6 Å². The number of carbonyl (C=O) groups is 1. The van der Waals surface area contributed by atoms with Crippen molar-refractivity contribution in [2.45, 2.75) is 18.9 Å². The van der Waals surface area contributed by atoms with Crippen LogP contribution in [0.3, 0.4) is 0 Å². The zero-order chi connectivity index (χ0) is 15.2. The number of halogens is 1. The molecule has 0 N–H and O–H groups in total. The first-order chi connectivity index (χ1) is 10.1. The van der Waals surface area contributed by atoms with E-state index >= 15 is 0 Å². The van der Waals surface area contributed by atoms with Crippen LogP contribution in [-0.4, -0.2) is 60.4 Å². The van der Waals surface area contributed by atoms with Gasteiger partial charge in [-0.25, -0.2) is 0 Å². The predicted molar refractivity (Wildman–Crippen MR) is 91.2 cm³/mol. The molecule has 1 atom stereocenters. The number of thioether (sulfide) groups is 1. The summed E-state index contributed by atoms with van der Waals surface area (Å²) < 4.78 is 0. The van der Waals surface area contributed by atoms with E-state index in [1.807, 2.05) is 36.0 Å². The fraction of sp³-hybridized carbons (Fsp3) is 0.562. The first kappa shape index (κ1) is 16.7. The normalized spacial score (nSPS) is 19.6. The average Bonchev–Trinajstić information content (AvgIpc) is 2.66. The van der Waals surface area contributed by atoms with E-state index in [0.29, 0.717) is 17.5 Å². The molecule has 1 saturated heterocycles. The van der Waals surface area contributed by atoms with Crippen molar-refractivity contribution in [1.29, 1.82) is 0 Å². The Morgan fingerprint density at radius 2 is 2.10 bits per heavy atom. The quantitative estimate of drug-likeness (QED) is 0.850. The van der Waals surface area contributed by atoms with Gasteiger partial charge in [0.15, 0.2) is 0 Å². The van der Waals surface area contributed by atoms with Crippen LogP contribution in [0.2, 0.25) is 5.02 Å². The van der Waals surface area contributed by atoms with Crippen LogP contribution >= 0.6 is 23.4 Å². The van der Waals surface area contributed by atoms with Crippen molar-refractivity contribution in [3.05, 3.63) is 34.9 Å². The molecule has 0 spiro atoms. The molecule has 2 rings (SSSR count). The Kier molecular flexibility index (Phi) is 6.40. The van der Waals surface area contributed by atoms with Crippen LogP contribution in [0.5, 0.6) is 0 Å². The maximum Gasteiger partial charge on any atom is 0.227 e. The van der Waals surface area contributed by atoms with Gasteiger partial charge in [0.2, 0.25) is 5.91 Å². The molecule has 1 aromatic rings. The van der Waals surface area contributed by atoms with Crippen LogP contribution in [-0.2, 0) is 11.2 Å². The van der Waals surface area contributed by atoms with E-state index in [2.05, 4.69) is 23.9 Å². The SMILES string of the molecule is CN(C)CC1CSCCCN1C(=O)Cc1ccc(Cl)cc1. The number of likely N-dealkylation sites (N-methyl/N-ethyl adjacent to an activating group) is 1. The molecular formula is C16H23ClN2OS. The van der Waals surface area contributed by atoms with E-state index in [9.17, 15) is 4.79 Å². The number of benzene rings is 1. The third-order valence-electron chi connectivity index (χ3n) is 3.60. The summed E-state index contributed by atoms with van der Waals surface area (Å²) >= 11 is 7.85. The van der Waals surface area contributed by atoms with Crippen molar-refractivity contribution in [2.24, 2.45) is 0 Å². The van der Waals surface area contributed by atoms with Crippen LogP contribution in [0.15, 0.2) is 24.3 Å². The molecule has 116 valence electrons. The third kappa shape index (κ3) is 5.20. The monoisotopic (exact) mass is 326 g/mol. The molecule has 1 aromatic carbocycles. The van der Waals surface area contributed by atoms with Crippen LogP contribution in [0, 0.1) is 0 Å². The number of hydrogen-bond acceptors (Lipinski definition) is 3. The summed E-state index contributed by atoms with van der Waals surface area (Å²) in [7, 11) is 4.13. The Balaban J connectivity index is 2.04. The predicted octanol–water partition coefficient (Wildman–Crippen LogP) is 2.78. The first-order valence-corrected chi connectivity index (χ1v) is 8.86. The van der Waals surface area contributed by atoms with Crippen LogP contribution < -0.4 is 0 Å². The minimum Gasteiger partial charge on any atom is -0.337 e. The second kappa shape index (κ2) is 8.06. The molecule has 1 aliphatic rings. The molecule has 1 fully saturated rings. The van der Waals surface area contributed by atoms with Crippen molar-refractivity contribution < 1.29 is 4.79 Å². The maximum atomic E-state index is 12.7. The molecule has 0 saturated carbocycles. The van der Waals surface area contributed by atoms with Gasteiger partial charge in [-0.05, 0) is 44.0 Å². The topological polar surface area (TPSA) is 23.6 Å². The summed E-state index contributed by atoms with van der Waals surface area (Å²) in [5, 5.41) is 0.711. The summed E-state index contributed by atoms with van der Waals surface area (Å²) in [6, 6.07) is 7.88. The Morgan fingerprint density at radius 1 is 1.38 bits per heavy atom. The van der Waals surface area contributed by atoms with Crippen molar-refractivity contribution in [1.82, 2.24) is 9.80 Å². The molecule has 1 aliphatic heterocycles. The van der Waals surface area contributed by atoms with Gasteiger partial charge >= 0.3 is 0 Å². The molecule has 1 unspecified atom stereocenters. The lowest BCUT2D eigenvalue weighted by molar-refractivity contribution is -0.132. The number of nitrogens with zero attached hydrogens (tertiary/aromatic N) is 2. The first-order valence-electron chi connectivity index (χ1n) is 7.32. The Morgan fingerprint density at radius 3 is 2.76 bits per heavy atom. The van der Waals surface area contributed by atoms with Gasteiger partial charge in [-0.15, -0.1) is 0 Å². The lowest BCUT2D eigenvalue weighted by Gasteiger charge is -2.31. The van der Waals surface area contributed by atoms with Crippen molar-refractivity contribution in [3.8, 4) is 0 Å². The number of hydrogen-bond donors (Lipinski definition) is 0. The minimum absolute atomic E-state index is 0.228. The lowest BCUT2D eigenvalue weighted by atomic mass is 10.1. The van der Waals surface area contributed by atoms with E-state index in [1.165, 1.54) is 0 Å². The van der Waals surface area contributed by atoms with Crippen molar-refractivity contribution >= 4 is 29.3 Å². The van der Waals surface area contributed by atoms with Gasteiger partial charge in [0.05, 0.1) is 12.5 Å². The second-order valence-electron chi connectivity index (χ2n) is 5.73. The average molecular weight is 327 g/mol. The fourth-order valence-corrected chi connectivity index (χ4v) is 3.79. The molecule has 21 heavy (non-hydrogen) atoms. The maximum absolute atomic E-state index is 12.7. The number of carbonyl (C=O) groups excluding carboxylic acids is 1. The minimum atomic E-state index is 0.228. The van der Waals surface area contributed by atoms with Gasteiger partial charge in [-0.1, -0.05) is 23.7 Å². The molecule has 0 radical (unpaired) electrons. The molecule has 3 nitrogen and oxygen atoms in total. The summed E-state index contributed by atoms with van der Waals surface area (Å²) in [4.78, 5) is 16.9. The van der Waals surface area contributed by atoms with E-state index in [1.54, 1.807) is 0 Å². The van der Waals surface area contributed by atoms with Crippen molar-refractivity contribution in [3.63, 3.8) is 0 Å². The zero-order valence-electron chi connectivity index (χ0n) is 12.7. The zero-order valence-corrected chi connectivity index (χ0v) is 14.3. The molecule has 5 heteroatoms. The summed E-state index contributed by atoms with van der Waals surface area (Å²) in [6.07, 6.45) is 1.55. The van der Waals surface area contributed by atoms with Gasteiger partial charge in [0, 0.05) is 23.9 Å². The summed E-state index contributed by atoms with van der Waals surface area (Å²) in [6.45, 7) is 1.80. The highest BCUT2D eigenvalue weighted by molar-refractivity contribution is 7.99. The summed E-state index contributed by atoms with van der Waals surface area (Å²) in [5.74, 6) is 2.41. The third-order valence-corrected chi connectivity index (χ3v) is 5.05. The molecule has 0 aromatic heterocycles. The van der Waals surface area contributed by atoms with E-state index in [-0.39, 0.29) is 5.91 Å². The van der Waals surface area contributed by atoms with Crippen LogP contribution in [0.1, 0.15) is 12.0 Å². The van der Waals surface area contributed by atoms with E-state index < -0.39 is 0 Å². The van der Waals surface area contributed by atoms with E-state index in [4.69, 9.17) is 11.6 Å². The number of amides is 1. The molecule has 1 amide bonds. The Labute approximate surface area is 136 Å². The lowest BCUT2D eigenvalue weighted by Crippen LogP contribution is -2.47. The number of rotatable bonds is 4. The highest BCUT2D eigenvalue weighted by Gasteiger charge is 2.26. The van der Waals surface area contributed by atoms with Crippen LogP contribution in [0.25, 0.3) is 0 Å². The molecular weight excluding hydrogens is 304 g/mol. The Bertz CT molecular complexity index is 464. The fourth-order valence-electron chi connectivity index (χ4n) is 2.61. The molecule has 1 heterocycles. The standard InChI is InChI=1S/C16H23ClN2OS/c1-18(2)11-15-12-21-9-3-8-19(15)16(20)10-13-4-6-14(17)7-5-13/h4-7,15H,3,8-12H2,1-2H3. The second-order valence-corrected chi connectivity index (χ2v) is 7.32. The summed E-state index contributed by atoms with van der Waals surface area (Å²) in [5.41, 5.74) is 1.03. The highest BCUT2D eigenvalue weighted by Crippen LogP contribution is 2.19. The highest BCUT2D eigenvalue weighted by atomic mass is 35.5. The van der Waals surface area contributed by atoms with Crippen molar-refractivity contribution in [2.75, 3.05) is 38.7 Å². The largest absolute Gasteiger partial charge is 0.337 e. The molecule has 0 aliphatic carbocycles. The Hall–Kier alpha value is -0.710. The van der Waals surface area contributed by atoms with Gasteiger partial charge < -0.3 is 9.80 Å². The van der Waals surface area contributed by atoms with Crippen LogP contribution in [0.4, 0.5) is 0 Å². The van der Waals surface area contributed by atoms with Gasteiger partial charge in [-0.3, -0.25) is 4.79 Å². The van der Waals surface area contributed by atoms with Gasteiger partial charge in [0.25, 0.3) is 0 Å². The molecule has 0 bridgehead atoms. The van der Waals surface area contributed by atoms with Gasteiger partial charge in [0.1, 0.15) is 0 Å². The van der Waals surface area contributed by atoms with Gasteiger partial charge in [-0.2, -0.15) is 11.8 Å².